The topological polar surface area (TPSA) is 54.0 Å². The number of benzene rings is 1. The molecule has 0 aliphatic rings. The third-order valence-electron chi connectivity index (χ3n) is 2.51. The van der Waals surface area contributed by atoms with Crippen LogP contribution in [0.5, 0.6) is 0 Å². The Labute approximate surface area is 124 Å². The van der Waals surface area contributed by atoms with E-state index in [1.807, 2.05) is 24.3 Å². The standard InChI is InChI=1S/C13H11BrClN3O/c1-16-10-4-2-3-5-11(10)18-13(19)8-6-12(14)17-7-9(8)15/h2-7,16H,1H3,(H,18,19). The largest absolute Gasteiger partial charge is 0.386 e. The van der Waals surface area contributed by atoms with E-state index in [-0.39, 0.29) is 5.91 Å². The van der Waals surface area contributed by atoms with Gasteiger partial charge in [0, 0.05) is 13.2 Å². The maximum atomic E-state index is 12.2. The SMILES string of the molecule is CNc1ccccc1NC(=O)c1cc(Br)ncc1Cl. The average Bonchev–Trinajstić information content (AvgIpc) is 2.42. The quantitative estimate of drug-likeness (QED) is 0.836. The van der Waals surface area contributed by atoms with Crippen molar-refractivity contribution >= 4 is 44.8 Å². The molecule has 0 saturated heterocycles. The van der Waals surface area contributed by atoms with E-state index in [0.717, 1.165) is 5.69 Å². The van der Waals surface area contributed by atoms with Crippen molar-refractivity contribution in [2.24, 2.45) is 0 Å². The van der Waals surface area contributed by atoms with Gasteiger partial charge in [-0.05, 0) is 34.1 Å². The zero-order valence-corrected chi connectivity index (χ0v) is 12.4. The van der Waals surface area contributed by atoms with Crippen molar-refractivity contribution in [1.82, 2.24) is 4.98 Å². The van der Waals surface area contributed by atoms with Crippen LogP contribution in [0.2, 0.25) is 5.02 Å². The van der Waals surface area contributed by atoms with Gasteiger partial charge in [0.1, 0.15) is 4.60 Å². The van der Waals surface area contributed by atoms with E-state index < -0.39 is 0 Å². The highest BCUT2D eigenvalue weighted by atomic mass is 79.9. The first-order chi connectivity index (χ1) is 9.11. The summed E-state index contributed by atoms with van der Waals surface area (Å²) < 4.78 is 0.559. The van der Waals surface area contributed by atoms with E-state index in [0.29, 0.717) is 20.9 Å². The Morgan fingerprint density at radius 1 is 1.32 bits per heavy atom. The van der Waals surface area contributed by atoms with Crippen molar-refractivity contribution in [1.29, 1.82) is 0 Å². The molecule has 0 spiro atoms. The minimum atomic E-state index is -0.282. The van der Waals surface area contributed by atoms with Crippen molar-refractivity contribution in [2.75, 3.05) is 17.7 Å². The lowest BCUT2D eigenvalue weighted by Gasteiger charge is -2.11. The number of amides is 1. The molecular formula is C13H11BrClN3O. The summed E-state index contributed by atoms with van der Waals surface area (Å²) in [6.45, 7) is 0. The van der Waals surface area contributed by atoms with Crippen LogP contribution in [0.15, 0.2) is 41.1 Å². The monoisotopic (exact) mass is 339 g/mol. The van der Waals surface area contributed by atoms with Crippen LogP contribution in [-0.2, 0) is 0 Å². The van der Waals surface area contributed by atoms with Crippen molar-refractivity contribution in [3.63, 3.8) is 0 Å². The lowest BCUT2D eigenvalue weighted by atomic mass is 10.2. The van der Waals surface area contributed by atoms with Gasteiger partial charge in [-0.3, -0.25) is 4.79 Å². The van der Waals surface area contributed by atoms with Crippen LogP contribution >= 0.6 is 27.5 Å². The number of carbonyl (C=O) groups is 1. The fraction of sp³-hybridized carbons (Fsp3) is 0.0769. The summed E-state index contributed by atoms with van der Waals surface area (Å²) in [4.78, 5) is 16.1. The lowest BCUT2D eigenvalue weighted by molar-refractivity contribution is 0.102. The van der Waals surface area contributed by atoms with Gasteiger partial charge in [-0.1, -0.05) is 23.7 Å². The molecule has 0 unspecified atom stereocenters. The van der Waals surface area contributed by atoms with E-state index in [9.17, 15) is 4.79 Å². The van der Waals surface area contributed by atoms with Gasteiger partial charge in [-0.25, -0.2) is 4.98 Å². The molecule has 0 bridgehead atoms. The summed E-state index contributed by atoms with van der Waals surface area (Å²) in [7, 11) is 1.79. The minimum Gasteiger partial charge on any atom is -0.386 e. The number of aromatic nitrogens is 1. The Kier molecular flexibility index (Phi) is 4.39. The van der Waals surface area contributed by atoms with Gasteiger partial charge < -0.3 is 10.6 Å². The number of nitrogens with zero attached hydrogens (tertiary/aromatic N) is 1. The molecule has 0 radical (unpaired) electrons. The second kappa shape index (κ2) is 6.04. The van der Waals surface area contributed by atoms with E-state index in [1.54, 1.807) is 13.1 Å². The number of anilines is 2. The molecule has 19 heavy (non-hydrogen) atoms. The highest BCUT2D eigenvalue weighted by molar-refractivity contribution is 9.10. The van der Waals surface area contributed by atoms with Crippen LogP contribution in [0.25, 0.3) is 0 Å². The lowest BCUT2D eigenvalue weighted by Crippen LogP contribution is -2.14. The number of hydrogen-bond acceptors (Lipinski definition) is 3. The first kappa shape index (κ1) is 13.8. The molecule has 2 rings (SSSR count). The predicted molar refractivity (Wildman–Crippen MR) is 80.9 cm³/mol. The third-order valence-corrected chi connectivity index (χ3v) is 3.25. The van der Waals surface area contributed by atoms with E-state index in [1.165, 1.54) is 6.20 Å². The van der Waals surface area contributed by atoms with Crippen LogP contribution < -0.4 is 10.6 Å². The van der Waals surface area contributed by atoms with E-state index >= 15 is 0 Å². The molecule has 4 nitrogen and oxygen atoms in total. The first-order valence-corrected chi connectivity index (χ1v) is 6.68. The number of halogens is 2. The average molecular weight is 341 g/mol. The molecule has 1 aromatic carbocycles. The Balaban J connectivity index is 2.28. The fourth-order valence-corrected chi connectivity index (χ4v) is 2.11. The molecule has 0 fully saturated rings. The molecule has 0 aliphatic carbocycles. The van der Waals surface area contributed by atoms with Crippen LogP contribution in [0.1, 0.15) is 10.4 Å². The number of para-hydroxylation sites is 2. The van der Waals surface area contributed by atoms with Gasteiger partial charge >= 0.3 is 0 Å². The maximum Gasteiger partial charge on any atom is 0.257 e. The summed E-state index contributed by atoms with van der Waals surface area (Å²) in [6.07, 6.45) is 1.44. The molecular weight excluding hydrogens is 330 g/mol. The van der Waals surface area contributed by atoms with E-state index in [2.05, 4.69) is 31.5 Å². The number of pyridine rings is 1. The highest BCUT2D eigenvalue weighted by Crippen LogP contribution is 2.23. The molecule has 1 aromatic heterocycles. The number of rotatable bonds is 3. The first-order valence-electron chi connectivity index (χ1n) is 5.51. The molecule has 1 heterocycles. The zero-order valence-electron chi connectivity index (χ0n) is 10.1. The Morgan fingerprint density at radius 3 is 2.68 bits per heavy atom. The fourth-order valence-electron chi connectivity index (χ4n) is 1.59. The summed E-state index contributed by atoms with van der Waals surface area (Å²) in [6, 6.07) is 9.01. The van der Waals surface area contributed by atoms with Gasteiger partial charge in [-0.2, -0.15) is 0 Å². The van der Waals surface area contributed by atoms with Gasteiger partial charge in [-0.15, -0.1) is 0 Å². The molecule has 2 aromatic rings. The normalized spacial score (nSPS) is 10.1. The summed E-state index contributed by atoms with van der Waals surface area (Å²) in [5.74, 6) is -0.282. The Bertz CT molecular complexity index is 619. The minimum absolute atomic E-state index is 0.282. The maximum absolute atomic E-state index is 12.2. The summed E-state index contributed by atoms with van der Waals surface area (Å²) >= 11 is 9.19. The number of carbonyl (C=O) groups excluding carboxylic acids is 1. The zero-order chi connectivity index (χ0) is 13.8. The smallest absolute Gasteiger partial charge is 0.257 e. The molecule has 0 atom stereocenters. The van der Waals surface area contributed by atoms with Crippen LogP contribution in [-0.4, -0.2) is 17.9 Å². The van der Waals surface area contributed by atoms with Crippen molar-refractivity contribution in [3.8, 4) is 0 Å². The highest BCUT2D eigenvalue weighted by Gasteiger charge is 2.13. The van der Waals surface area contributed by atoms with Gasteiger partial charge in [0.15, 0.2) is 0 Å². The van der Waals surface area contributed by atoms with Crippen LogP contribution in [0, 0.1) is 0 Å². The summed E-state index contributed by atoms with van der Waals surface area (Å²) in [5, 5.41) is 6.13. The number of hydrogen-bond donors (Lipinski definition) is 2. The van der Waals surface area contributed by atoms with Crippen molar-refractivity contribution < 1.29 is 4.79 Å². The third kappa shape index (κ3) is 3.24. The molecule has 98 valence electrons. The van der Waals surface area contributed by atoms with Crippen LogP contribution in [0.3, 0.4) is 0 Å². The van der Waals surface area contributed by atoms with Gasteiger partial charge in [0.25, 0.3) is 5.91 Å². The van der Waals surface area contributed by atoms with Crippen molar-refractivity contribution in [3.05, 3.63) is 51.7 Å². The van der Waals surface area contributed by atoms with Crippen LogP contribution in [0.4, 0.5) is 11.4 Å². The van der Waals surface area contributed by atoms with Gasteiger partial charge in [0.2, 0.25) is 0 Å². The second-order valence-electron chi connectivity index (χ2n) is 3.74. The predicted octanol–water partition coefficient (Wildman–Crippen LogP) is 3.79. The molecule has 2 N–H and O–H groups in total. The molecule has 0 aliphatic heterocycles. The van der Waals surface area contributed by atoms with Gasteiger partial charge in [0.05, 0.1) is 22.0 Å². The second-order valence-corrected chi connectivity index (χ2v) is 4.96. The van der Waals surface area contributed by atoms with Crippen molar-refractivity contribution in [2.45, 2.75) is 0 Å². The van der Waals surface area contributed by atoms with E-state index in [4.69, 9.17) is 11.6 Å². The molecule has 1 amide bonds. The number of nitrogens with one attached hydrogen (secondary N) is 2. The molecule has 0 saturated carbocycles. The molecule has 6 heteroatoms. The Hall–Kier alpha value is -1.59. The Morgan fingerprint density at radius 2 is 2.00 bits per heavy atom. The summed E-state index contributed by atoms with van der Waals surface area (Å²) in [5.41, 5.74) is 1.90.